The van der Waals surface area contributed by atoms with Gasteiger partial charge in [0.25, 0.3) is 0 Å². The number of allylic oxidation sites excluding steroid dienone is 2. The Morgan fingerprint density at radius 3 is 0.934 bits per heavy atom. The van der Waals surface area contributed by atoms with E-state index in [1.807, 2.05) is 0 Å². The molecule has 0 saturated carbocycles. The van der Waals surface area contributed by atoms with Crippen molar-refractivity contribution in [1.82, 2.24) is 5.32 Å². The highest BCUT2D eigenvalue weighted by Crippen LogP contribution is 2.19. The third-order valence-corrected chi connectivity index (χ3v) is 16.6. The van der Waals surface area contributed by atoms with Crippen LogP contribution in [-0.2, 0) is 14.3 Å². The minimum atomic E-state index is -0.661. The van der Waals surface area contributed by atoms with E-state index in [0.29, 0.717) is 25.9 Å². The summed E-state index contributed by atoms with van der Waals surface area (Å²) in [5.41, 5.74) is 0. The lowest BCUT2D eigenvalue weighted by molar-refractivity contribution is -0.143. The van der Waals surface area contributed by atoms with E-state index in [9.17, 15) is 19.8 Å². The Kier molecular flexibility index (Phi) is 64.9. The van der Waals surface area contributed by atoms with E-state index in [-0.39, 0.29) is 18.5 Å². The number of aliphatic hydroxyl groups excluding tert-OH is 2. The molecule has 0 bridgehead atoms. The third kappa shape index (κ3) is 61.8. The number of unbranched alkanes of at least 4 members (excludes halogenated alkanes) is 53. The Morgan fingerprint density at radius 2 is 0.618 bits per heavy atom. The first kappa shape index (κ1) is 74.6. The number of hydrogen-bond acceptors (Lipinski definition) is 5. The van der Waals surface area contributed by atoms with Crippen molar-refractivity contribution < 1.29 is 24.5 Å². The van der Waals surface area contributed by atoms with Crippen LogP contribution in [0.4, 0.5) is 0 Å². The van der Waals surface area contributed by atoms with Gasteiger partial charge in [0.05, 0.1) is 25.4 Å². The van der Waals surface area contributed by atoms with Crippen molar-refractivity contribution in [1.29, 1.82) is 0 Å². The fourth-order valence-corrected chi connectivity index (χ4v) is 11.2. The van der Waals surface area contributed by atoms with Crippen molar-refractivity contribution in [2.75, 3.05) is 13.2 Å². The monoisotopic (exact) mass is 1070 g/mol. The minimum absolute atomic E-state index is 0.0161. The Balaban J connectivity index is 3.32. The minimum Gasteiger partial charge on any atom is -0.466 e. The van der Waals surface area contributed by atoms with Gasteiger partial charge in [-0.2, -0.15) is 0 Å². The summed E-state index contributed by atoms with van der Waals surface area (Å²) in [4.78, 5) is 24.6. The molecule has 0 saturated heterocycles. The Labute approximate surface area is 476 Å². The van der Waals surface area contributed by atoms with Gasteiger partial charge in [-0.15, -0.1) is 0 Å². The maximum atomic E-state index is 12.5. The molecule has 76 heavy (non-hydrogen) atoms. The van der Waals surface area contributed by atoms with Crippen LogP contribution in [0.5, 0.6) is 0 Å². The van der Waals surface area contributed by atoms with Gasteiger partial charge in [0.2, 0.25) is 5.91 Å². The van der Waals surface area contributed by atoms with Gasteiger partial charge in [-0.1, -0.05) is 347 Å². The van der Waals surface area contributed by atoms with Crippen LogP contribution in [0.3, 0.4) is 0 Å². The van der Waals surface area contributed by atoms with E-state index in [1.54, 1.807) is 0 Å². The second-order valence-electron chi connectivity index (χ2n) is 24.2. The smallest absolute Gasteiger partial charge is 0.305 e. The molecule has 0 aliphatic rings. The highest BCUT2D eigenvalue weighted by Gasteiger charge is 2.20. The normalized spacial score (nSPS) is 12.5. The van der Waals surface area contributed by atoms with Gasteiger partial charge >= 0.3 is 5.97 Å². The summed E-state index contributed by atoms with van der Waals surface area (Å²) in [7, 11) is 0. The van der Waals surface area contributed by atoms with E-state index in [4.69, 9.17) is 4.74 Å². The average Bonchev–Trinajstić information content (AvgIpc) is 3.42. The van der Waals surface area contributed by atoms with Crippen LogP contribution in [0, 0.1) is 0 Å². The van der Waals surface area contributed by atoms with Crippen molar-refractivity contribution in [3.8, 4) is 0 Å². The Hall–Kier alpha value is -1.40. The van der Waals surface area contributed by atoms with Crippen LogP contribution >= 0.6 is 0 Å². The number of hydrogen-bond donors (Lipinski definition) is 3. The van der Waals surface area contributed by atoms with E-state index >= 15 is 0 Å². The van der Waals surface area contributed by atoms with Crippen LogP contribution in [0.2, 0.25) is 0 Å². The fraction of sp³-hybridized carbons (Fsp3) is 0.943. The standard InChI is InChI=1S/C70H137NO5/c1-3-5-7-9-11-13-15-17-19-20-33-36-40-44-48-52-56-60-64-70(75)76-65-61-57-53-49-45-41-37-34-31-29-27-25-23-21-22-24-26-28-30-32-35-39-43-47-51-55-59-63-69(74)71-67(66-72)68(73)62-58-54-50-46-42-38-18-16-14-12-10-8-6-4-2/h19-20,67-68,72-73H,3-18,21-66H2,1-2H3,(H,71,74)/b20-19-. The molecule has 0 aliphatic heterocycles. The van der Waals surface area contributed by atoms with E-state index < -0.39 is 12.1 Å². The largest absolute Gasteiger partial charge is 0.466 e. The molecule has 0 aromatic carbocycles. The molecule has 0 radical (unpaired) electrons. The lowest BCUT2D eigenvalue weighted by Crippen LogP contribution is -2.45. The number of carbonyl (C=O) groups is 2. The number of ether oxygens (including phenoxy) is 1. The topological polar surface area (TPSA) is 95.9 Å². The number of esters is 1. The maximum Gasteiger partial charge on any atom is 0.305 e. The van der Waals surface area contributed by atoms with Gasteiger partial charge in [-0.05, 0) is 51.4 Å². The first-order chi connectivity index (χ1) is 37.5. The summed E-state index contributed by atoms with van der Waals surface area (Å²) in [6.07, 6.45) is 81.2. The van der Waals surface area contributed by atoms with Crippen LogP contribution in [0.1, 0.15) is 399 Å². The van der Waals surface area contributed by atoms with E-state index in [2.05, 4.69) is 31.3 Å². The highest BCUT2D eigenvalue weighted by atomic mass is 16.5. The van der Waals surface area contributed by atoms with Gasteiger partial charge in [-0.25, -0.2) is 0 Å². The summed E-state index contributed by atoms with van der Waals surface area (Å²) >= 11 is 0. The summed E-state index contributed by atoms with van der Waals surface area (Å²) in [5, 5.41) is 23.3. The number of nitrogens with one attached hydrogen (secondary N) is 1. The molecule has 0 heterocycles. The van der Waals surface area contributed by atoms with Crippen molar-refractivity contribution in [3.63, 3.8) is 0 Å². The second kappa shape index (κ2) is 66.1. The molecule has 0 fully saturated rings. The molecular weight excluding hydrogens is 935 g/mol. The molecule has 0 spiro atoms. The predicted octanol–water partition coefficient (Wildman–Crippen LogP) is 22.4. The molecular formula is C70H137NO5. The first-order valence-electron chi connectivity index (χ1n) is 34.9. The Morgan fingerprint density at radius 1 is 0.355 bits per heavy atom. The number of aliphatic hydroxyl groups is 2. The summed E-state index contributed by atoms with van der Waals surface area (Å²) in [6.45, 7) is 4.99. The summed E-state index contributed by atoms with van der Waals surface area (Å²) in [5.74, 6) is -0.0133. The first-order valence-corrected chi connectivity index (χ1v) is 34.9. The van der Waals surface area contributed by atoms with Crippen molar-refractivity contribution >= 4 is 11.9 Å². The quantitative estimate of drug-likeness (QED) is 0.0320. The molecule has 452 valence electrons. The van der Waals surface area contributed by atoms with Crippen LogP contribution < -0.4 is 5.32 Å². The molecule has 0 rings (SSSR count). The van der Waals surface area contributed by atoms with E-state index in [1.165, 1.54) is 321 Å². The Bertz CT molecular complexity index is 1140. The van der Waals surface area contributed by atoms with Gasteiger partial charge in [-0.3, -0.25) is 9.59 Å². The zero-order chi connectivity index (χ0) is 55.0. The SMILES string of the molecule is CCCCCCCCC/C=C\CCCCCCCCCC(=O)OCCCCCCCCCCCCCCCCCCCCCCCCCCCCCC(=O)NC(CO)C(O)CCCCCCCCCCCCCCCC. The predicted molar refractivity (Wildman–Crippen MR) is 333 cm³/mol. The molecule has 1 amide bonds. The summed E-state index contributed by atoms with van der Waals surface area (Å²) < 4.78 is 5.51. The van der Waals surface area contributed by atoms with Gasteiger partial charge < -0.3 is 20.3 Å². The second-order valence-corrected chi connectivity index (χ2v) is 24.2. The molecule has 2 atom stereocenters. The van der Waals surface area contributed by atoms with Gasteiger partial charge in [0.1, 0.15) is 0 Å². The number of carbonyl (C=O) groups excluding carboxylic acids is 2. The van der Waals surface area contributed by atoms with Crippen LogP contribution in [0.15, 0.2) is 12.2 Å². The number of amides is 1. The molecule has 0 aliphatic carbocycles. The van der Waals surface area contributed by atoms with Gasteiger partial charge in [0.15, 0.2) is 0 Å². The lowest BCUT2D eigenvalue weighted by atomic mass is 10.0. The maximum absolute atomic E-state index is 12.5. The molecule has 6 nitrogen and oxygen atoms in total. The molecule has 6 heteroatoms. The molecule has 0 aromatic heterocycles. The third-order valence-electron chi connectivity index (χ3n) is 16.6. The fourth-order valence-electron chi connectivity index (χ4n) is 11.2. The lowest BCUT2D eigenvalue weighted by Gasteiger charge is -2.22. The highest BCUT2D eigenvalue weighted by molar-refractivity contribution is 5.76. The van der Waals surface area contributed by atoms with Crippen molar-refractivity contribution in [3.05, 3.63) is 12.2 Å². The van der Waals surface area contributed by atoms with Crippen molar-refractivity contribution in [2.24, 2.45) is 0 Å². The van der Waals surface area contributed by atoms with Crippen LogP contribution in [-0.4, -0.2) is 47.4 Å². The number of rotatable bonds is 66. The summed E-state index contributed by atoms with van der Waals surface area (Å²) in [6, 6.07) is -0.538. The zero-order valence-electron chi connectivity index (χ0n) is 51.8. The van der Waals surface area contributed by atoms with Gasteiger partial charge in [0, 0.05) is 12.8 Å². The van der Waals surface area contributed by atoms with E-state index in [0.717, 1.165) is 44.9 Å². The molecule has 0 aromatic rings. The average molecular weight is 1070 g/mol. The molecule has 2 unspecified atom stereocenters. The van der Waals surface area contributed by atoms with Crippen LogP contribution in [0.25, 0.3) is 0 Å². The zero-order valence-corrected chi connectivity index (χ0v) is 51.8. The van der Waals surface area contributed by atoms with Crippen molar-refractivity contribution in [2.45, 2.75) is 411 Å². The molecule has 3 N–H and O–H groups in total.